The molecule has 3 amide bonds. The van der Waals surface area contributed by atoms with Crippen LogP contribution in [0.15, 0.2) is 58.7 Å². The summed E-state index contributed by atoms with van der Waals surface area (Å²) in [5.74, 6) is 6.15. The maximum atomic E-state index is 12.4. The van der Waals surface area contributed by atoms with Crippen LogP contribution < -0.4 is 5.32 Å². The van der Waals surface area contributed by atoms with Crippen LogP contribution in [0.25, 0.3) is 0 Å². The number of thioether (sulfide) groups is 1. The predicted molar refractivity (Wildman–Crippen MR) is 125 cm³/mol. The summed E-state index contributed by atoms with van der Waals surface area (Å²) >= 11 is 1.32. The summed E-state index contributed by atoms with van der Waals surface area (Å²) in [6.07, 6.45) is 3.75. The highest BCUT2D eigenvalue weighted by Crippen LogP contribution is 2.22. The Labute approximate surface area is 190 Å². The zero-order valence-electron chi connectivity index (χ0n) is 17.2. The molecule has 2 aromatic rings. The van der Waals surface area contributed by atoms with Gasteiger partial charge in [0.25, 0.3) is 11.8 Å². The van der Waals surface area contributed by atoms with Gasteiger partial charge in [-0.1, -0.05) is 53.9 Å². The van der Waals surface area contributed by atoms with Crippen molar-refractivity contribution in [3.63, 3.8) is 0 Å². The van der Waals surface area contributed by atoms with Gasteiger partial charge in [-0.15, -0.1) is 5.10 Å². The minimum atomic E-state index is -0.218. The molecule has 0 unspecified atom stereocenters. The van der Waals surface area contributed by atoms with Crippen molar-refractivity contribution in [3.05, 3.63) is 70.8 Å². The standard InChI is InChI=1S/C24H20N4O3S/c29-21-16-32-24(26-21)27-25-15-18-11-5-4-10-17(18)9-3-1-2-8-14-28-22(30)19-12-6-7-13-20(19)23(28)31/h4-7,10-13,15H,1-2,8,14,16H2,(H,26,27,29). The average molecular weight is 445 g/mol. The van der Waals surface area contributed by atoms with Gasteiger partial charge in [0, 0.05) is 24.1 Å². The van der Waals surface area contributed by atoms with Crippen molar-refractivity contribution >= 4 is 40.9 Å². The van der Waals surface area contributed by atoms with Gasteiger partial charge in [0.15, 0.2) is 5.17 Å². The summed E-state index contributed by atoms with van der Waals surface area (Å²) in [5.41, 5.74) is 2.63. The van der Waals surface area contributed by atoms with Crippen LogP contribution in [0.1, 0.15) is 51.1 Å². The van der Waals surface area contributed by atoms with Gasteiger partial charge in [-0.05, 0) is 31.0 Å². The lowest BCUT2D eigenvalue weighted by molar-refractivity contribution is -0.116. The van der Waals surface area contributed by atoms with E-state index < -0.39 is 0 Å². The smallest absolute Gasteiger partial charge is 0.261 e. The summed E-state index contributed by atoms with van der Waals surface area (Å²) in [7, 11) is 0. The molecule has 1 saturated heterocycles. The molecular weight excluding hydrogens is 424 g/mol. The first-order valence-electron chi connectivity index (χ1n) is 10.2. The molecule has 0 saturated carbocycles. The number of rotatable bonds is 6. The van der Waals surface area contributed by atoms with E-state index in [2.05, 4.69) is 27.4 Å². The van der Waals surface area contributed by atoms with Gasteiger partial charge in [0.2, 0.25) is 5.91 Å². The molecule has 160 valence electrons. The summed E-state index contributed by atoms with van der Waals surface area (Å²) < 4.78 is 0. The lowest BCUT2D eigenvalue weighted by atomic mass is 10.1. The second-order valence-electron chi connectivity index (χ2n) is 7.14. The van der Waals surface area contributed by atoms with Gasteiger partial charge in [0.1, 0.15) is 0 Å². The topological polar surface area (TPSA) is 91.2 Å². The number of hydrogen-bond acceptors (Lipinski definition) is 6. The van der Waals surface area contributed by atoms with Crippen molar-refractivity contribution in [2.75, 3.05) is 12.3 Å². The zero-order valence-corrected chi connectivity index (χ0v) is 18.0. The van der Waals surface area contributed by atoms with E-state index in [1.807, 2.05) is 24.3 Å². The fourth-order valence-electron chi connectivity index (χ4n) is 3.33. The number of nitrogens with one attached hydrogen (secondary N) is 1. The lowest BCUT2D eigenvalue weighted by Gasteiger charge is -2.12. The maximum absolute atomic E-state index is 12.4. The van der Waals surface area contributed by atoms with Gasteiger partial charge in [0.05, 0.1) is 23.1 Å². The molecule has 1 N–H and O–H groups in total. The van der Waals surface area contributed by atoms with Gasteiger partial charge >= 0.3 is 0 Å². The second-order valence-corrected chi connectivity index (χ2v) is 8.10. The van der Waals surface area contributed by atoms with Crippen LogP contribution in [0.3, 0.4) is 0 Å². The predicted octanol–water partition coefficient (Wildman–Crippen LogP) is 3.06. The number of amidine groups is 1. The molecule has 4 rings (SSSR count). The van der Waals surface area contributed by atoms with Crippen LogP contribution in [0, 0.1) is 11.8 Å². The molecule has 0 radical (unpaired) electrons. The Kier molecular flexibility index (Phi) is 6.78. The van der Waals surface area contributed by atoms with Crippen LogP contribution in [0.4, 0.5) is 0 Å². The van der Waals surface area contributed by atoms with Crippen molar-refractivity contribution in [2.24, 2.45) is 10.2 Å². The highest BCUT2D eigenvalue weighted by Gasteiger charge is 2.34. The SMILES string of the molecule is O=C1CSC(=NN=Cc2ccccc2C#CCCCCN2C(=O)c3ccccc3C2=O)N1. The molecule has 0 spiro atoms. The van der Waals surface area contributed by atoms with Crippen molar-refractivity contribution in [2.45, 2.75) is 19.3 Å². The molecule has 8 heteroatoms. The Bertz CT molecular complexity index is 1160. The highest BCUT2D eigenvalue weighted by atomic mass is 32.2. The van der Waals surface area contributed by atoms with Crippen LogP contribution in [0.5, 0.6) is 0 Å². The highest BCUT2D eigenvalue weighted by molar-refractivity contribution is 8.15. The molecule has 2 aliphatic rings. The van der Waals surface area contributed by atoms with Crippen molar-refractivity contribution in [1.29, 1.82) is 0 Å². The van der Waals surface area contributed by atoms with E-state index >= 15 is 0 Å². The summed E-state index contributed by atoms with van der Waals surface area (Å²) in [6.45, 7) is 0.395. The van der Waals surface area contributed by atoms with E-state index in [4.69, 9.17) is 0 Å². The number of imide groups is 1. The number of fused-ring (bicyclic) bond motifs is 1. The Morgan fingerprint density at radius 3 is 2.44 bits per heavy atom. The molecule has 0 bridgehead atoms. The Balaban J connectivity index is 1.28. The molecule has 1 fully saturated rings. The Hall–Kier alpha value is -3.70. The van der Waals surface area contributed by atoms with Crippen LogP contribution >= 0.6 is 11.8 Å². The van der Waals surface area contributed by atoms with Crippen LogP contribution in [-0.4, -0.2) is 46.3 Å². The second kappa shape index (κ2) is 10.1. The monoisotopic (exact) mass is 444 g/mol. The van der Waals surface area contributed by atoms with E-state index in [0.717, 1.165) is 17.5 Å². The fourth-order valence-corrected chi connectivity index (χ4v) is 3.96. The molecule has 2 heterocycles. The Morgan fingerprint density at radius 2 is 1.72 bits per heavy atom. The number of carbonyl (C=O) groups excluding carboxylic acids is 3. The molecule has 2 aromatic carbocycles. The third-order valence-corrected chi connectivity index (χ3v) is 5.79. The number of hydrogen-bond donors (Lipinski definition) is 1. The van der Waals surface area contributed by atoms with Crippen LogP contribution in [0.2, 0.25) is 0 Å². The van der Waals surface area contributed by atoms with Crippen molar-refractivity contribution in [3.8, 4) is 11.8 Å². The first-order chi connectivity index (χ1) is 15.6. The summed E-state index contributed by atoms with van der Waals surface area (Å²) in [4.78, 5) is 37.2. The largest absolute Gasteiger partial charge is 0.303 e. The van der Waals surface area contributed by atoms with Gasteiger partial charge in [-0.25, -0.2) is 0 Å². The molecule has 0 aliphatic carbocycles. The quantitative estimate of drug-likeness (QED) is 0.244. The van der Waals surface area contributed by atoms with E-state index in [9.17, 15) is 14.4 Å². The summed E-state index contributed by atoms with van der Waals surface area (Å²) in [6, 6.07) is 14.5. The lowest BCUT2D eigenvalue weighted by Crippen LogP contribution is -2.30. The molecule has 32 heavy (non-hydrogen) atoms. The summed E-state index contributed by atoms with van der Waals surface area (Å²) in [5, 5.41) is 11.2. The minimum Gasteiger partial charge on any atom is -0.303 e. The number of nitrogens with zero attached hydrogens (tertiary/aromatic N) is 3. The first kappa shape index (κ1) is 21.5. The first-order valence-corrected chi connectivity index (χ1v) is 11.2. The van der Waals surface area contributed by atoms with Gasteiger partial charge in [-0.2, -0.15) is 5.10 Å². The zero-order chi connectivity index (χ0) is 22.3. The fraction of sp³-hybridized carbons (Fsp3) is 0.208. The van der Waals surface area contributed by atoms with Crippen molar-refractivity contribution < 1.29 is 14.4 Å². The minimum absolute atomic E-state index is 0.0711. The third kappa shape index (κ3) is 4.95. The van der Waals surface area contributed by atoms with E-state index in [-0.39, 0.29) is 17.7 Å². The molecular formula is C24H20N4O3S. The molecule has 7 nitrogen and oxygen atoms in total. The van der Waals surface area contributed by atoms with Gasteiger partial charge < -0.3 is 5.32 Å². The molecule has 2 aliphatic heterocycles. The normalized spacial score (nSPS) is 16.4. The maximum Gasteiger partial charge on any atom is 0.261 e. The van der Waals surface area contributed by atoms with Crippen molar-refractivity contribution in [1.82, 2.24) is 10.2 Å². The Morgan fingerprint density at radius 1 is 1.00 bits per heavy atom. The van der Waals surface area contributed by atoms with Gasteiger partial charge in [-0.3, -0.25) is 19.3 Å². The average Bonchev–Trinajstić information content (AvgIpc) is 3.33. The third-order valence-electron chi connectivity index (χ3n) is 4.93. The molecule has 0 atom stereocenters. The number of unbranched alkanes of at least 4 members (excludes halogenated alkanes) is 2. The van der Waals surface area contributed by atoms with E-state index in [1.165, 1.54) is 16.7 Å². The number of benzene rings is 2. The van der Waals surface area contributed by atoms with Crippen LogP contribution in [-0.2, 0) is 4.79 Å². The van der Waals surface area contributed by atoms with E-state index in [0.29, 0.717) is 41.4 Å². The number of amides is 3. The number of carbonyl (C=O) groups is 3. The van der Waals surface area contributed by atoms with E-state index in [1.54, 1.807) is 30.5 Å². The molecule has 0 aromatic heterocycles.